The van der Waals surface area contributed by atoms with Crippen molar-refractivity contribution in [1.29, 1.82) is 0 Å². The van der Waals surface area contributed by atoms with E-state index in [4.69, 9.17) is 0 Å². The van der Waals surface area contributed by atoms with Gasteiger partial charge in [-0.2, -0.15) is 0 Å². The summed E-state index contributed by atoms with van der Waals surface area (Å²) in [7, 11) is 1.93. The highest BCUT2D eigenvalue weighted by Gasteiger charge is 2.19. The van der Waals surface area contributed by atoms with Crippen LogP contribution in [0.15, 0.2) is 35.1 Å². The lowest BCUT2D eigenvalue weighted by atomic mass is 10.3. The summed E-state index contributed by atoms with van der Waals surface area (Å²) in [5.74, 6) is 0. The van der Waals surface area contributed by atoms with Crippen LogP contribution in [0.1, 0.15) is 19.5 Å². The Morgan fingerprint density at radius 3 is 2.21 bits per heavy atom. The predicted molar refractivity (Wildman–Crippen MR) is 79.3 cm³/mol. The summed E-state index contributed by atoms with van der Waals surface area (Å²) in [6.07, 6.45) is 0. The molecule has 2 rings (SSSR count). The molecule has 19 heavy (non-hydrogen) atoms. The van der Waals surface area contributed by atoms with Gasteiger partial charge in [0.15, 0.2) is 0 Å². The Labute approximate surface area is 113 Å². The summed E-state index contributed by atoms with van der Waals surface area (Å²) in [5.41, 5.74) is 2.75. The van der Waals surface area contributed by atoms with Gasteiger partial charge in [-0.25, -0.2) is 4.68 Å². The Hall–Kier alpha value is -1.97. The first-order valence-corrected chi connectivity index (χ1v) is 6.70. The molecule has 0 radical (unpaired) electrons. The maximum absolute atomic E-state index is 12.7. The van der Waals surface area contributed by atoms with E-state index in [-0.39, 0.29) is 5.56 Å². The van der Waals surface area contributed by atoms with Gasteiger partial charge in [0, 0.05) is 20.1 Å². The van der Waals surface area contributed by atoms with Crippen molar-refractivity contribution in [1.82, 2.24) is 9.36 Å². The Balaban J connectivity index is 2.66. The summed E-state index contributed by atoms with van der Waals surface area (Å²) in [6.45, 7) is 7.82. The minimum absolute atomic E-state index is 0.0508. The Morgan fingerprint density at radius 2 is 1.68 bits per heavy atom. The van der Waals surface area contributed by atoms with Gasteiger partial charge in [0.2, 0.25) is 0 Å². The molecule has 4 nitrogen and oxygen atoms in total. The Bertz CT molecular complexity index is 606. The number of nitrogens with zero attached hydrogens (tertiary/aromatic N) is 3. The van der Waals surface area contributed by atoms with Crippen molar-refractivity contribution in [3.8, 4) is 5.69 Å². The van der Waals surface area contributed by atoms with Crippen LogP contribution in [-0.2, 0) is 7.05 Å². The van der Waals surface area contributed by atoms with Crippen LogP contribution in [0.5, 0.6) is 0 Å². The molecule has 0 aliphatic heterocycles. The number of para-hydroxylation sites is 1. The van der Waals surface area contributed by atoms with E-state index in [1.165, 1.54) is 0 Å². The third-order valence-corrected chi connectivity index (χ3v) is 3.60. The highest BCUT2D eigenvalue weighted by Crippen LogP contribution is 2.17. The van der Waals surface area contributed by atoms with Crippen LogP contribution in [0, 0.1) is 6.92 Å². The zero-order valence-corrected chi connectivity index (χ0v) is 12.1. The molecule has 102 valence electrons. The highest BCUT2D eigenvalue weighted by molar-refractivity contribution is 5.51. The Kier molecular flexibility index (Phi) is 3.79. The number of rotatable bonds is 4. The van der Waals surface area contributed by atoms with E-state index in [1.54, 1.807) is 4.68 Å². The molecule has 1 aromatic carbocycles. The molecule has 1 aromatic heterocycles. The first kappa shape index (κ1) is 13.5. The van der Waals surface area contributed by atoms with Crippen molar-refractivity contribution < 1.29 is 0 Å². The lowest BCUT2D eigenvalue weighted by Gasteiger charge is -2.18. The fourth-order valence-electron chi connectivity index (χ4n) is 2.46. The van der Waals surface area contributed by atoms with E-state index in [2.05, 4.69) is 18.7 Å². The molecule has 0 atom stereocenters. The molecule has 1 heterocycles. The summed E-state index contributed by atoms with van der Waals surface area (Å²) in [5, 5.41) is 0. The molecule has 0 spiro atoms. The van der Waals surface area contributed by atoms with E-state index >= 15 is 0 Å². The van der Waals surface area contributed by atoms with Gasteiger partial charge in [-0.1, -0.05) is 18.2 Å². The minimum atomic E-state index is 0.0508. The number of hydrogen-bond acceptors (Lipinski definition) is 2. The number of hydrogen-bond donors (Lipinski definition) is 0. The van der Waals surface area contributed by atoms with Crippen LogP contribution in [0.3, 0.4) is 0 Å². The van der Waals surface area contributed by atoms with Crippen LogP contribution in [0.4, 0.5) is 5.69 Å². The van der Waals surface area contributed by atoms with Gasteiger partial charge in [0.05, 0.1) is 11.4 Å². The number of benzene rings is 1. The lowest BCUT2D eigenvalue weighted by molar-refractivity contribution is 0.630. The summed E-state index contributed by atoms with van der Waals surface area (Å²) in [6, 6.07) is 9.75. The van der Waals surface area contributed by atoms with Crippen LogP contribution in [-0.4, -0.2) is 22.5 Å². The lowest BCUT2D eigenvalue weighted by Crippen LogP contribution is -2.29. The smallest absolute Gasteiger partial charge is 0.295 e. The molecule has 0 bridgehead atoms. The minimum Gasteiger partial charge on any atom is -0.366 e. The molecule has 2 aromatic rings. The molecule has 0 fully saturated rings. The molecule has 0 N–H and O–H groups in total. The maximum Gasteiger partial charge on any atom is 0.295 e. The topological polar surface area (TPSA) is 30.2 Å². The quantitative estimate of drug-likeness (QED) is 0.843. The molecule has 0 amide bonds. The van der Waals surface area contributed by atoms with E-state index in [0.29, 0.717) is 0 Å². The summed E-state index contributed by atoms with van der Waals surface area (Å²) in [4.78, 5) is 14.8. The molecule has 0 saturated carbocycles. The molecule has 4 heteroatoms. The van der Waals surface area contributed by atoms with Crippen molar-refractivity contribution in [3.05, 3.63) is 46.4 Å². The molecule has 0 unspecified atom stereocenters. The van der Waals surface area contributed by atoms with Gasteiger partial charge < -0.3 is 4.90 Å². The number of aromatic nitrogens is 2. The van der Waals surface area contributed by atoms with Gasteiger partial charge in [0.1, 0.15) is 5.69 Å². The van der Waals surface area contributed by atoms with Crippen molar-refractivity contribution >= 4 is 5.69 Å². The zero-order valence-electron chi connectivity index (χ0n) is 12.1. The molecule has 0 saturated heterocycles. The number of anilines is 1. The predicted octanol–water partition coefficient (Wildman–Crippen LogP) is 2.33. The SMILES string of the molecule is CCN(CC)c1c(C)n(C)n(-c2ccccc2)c1=O. The fourth-order valence-corrected chi connectivity index (χ4v) is 2.46. The van der Waals surface area contributed by atoms with Gasteiger partial charge in [0.25, 0.3) is 5.56 Å². The maximum atomic E-state index is 12.7. The fraction of sp³-hybridized carbons (Fsp3) is 0.400. The second-order valence-corrected chi connectivity index (χ2v) is 4.58. The van der Waals surface area contributed by atoms with Crippen LogP contribution in [0.2, 0.25) is 0 Å². The van der Waals surface area contributed by atoms with Gasteiger partial charge in [-0.3, -0.25) is 9.48 Å². The second-order valence-electron chi connectivity index (χ2n) is 4.58. The van der Waals surface area contributed by atoms with Gasteiger partial charge in [-0.15, -0.1) is 0 Å². The van der Waals surface area contributed by atoms with E-state index in [1.807, 2.05) is 49.0 Å². The van der Waals surface area contributed by atoms with E-state index in [9.17, 15) is 4.79 Å². The van der Waals surface area contributed by atoms with Crippen molar-refractivity contribution in [3.63, 3.8) is 0 Å². The Morgan fingerprint density at radius 1 is 1.11 bits per heavy atom. The zero-order chi connectivity index (χ0) is 14.0. The van der Waals surface area contributed by atoms with Crippen LogP contribution >= 0.6 is 0 Å². The third-order valence-electron chi connectivity index (χ3n) is 3.60. The van der Waals surface area contributed by atoms with Crippen LogP contribution < -0.4 is 10.5 Å². The standard InChI is InChI=1S/C15H21N3O/c1-5-17(6-2)14-12(3)16(4)18(15(14)19)13-10-8-7-9-11-13/h7-11H,5-6H2,1-4H3. The third kappa shape index (κ3) is 2.18. The normalized spacial score (nSPS) is 10.7. The van der Waals surface area contributed by atoms with Crippen molar-refractivity contribution in [2.75, 3.05) is 18.0 Å². The summed E-state index contributed by atoms with van der Waals surface area (Å²) < 4.78 is 3.65. The van der Waals surface area contributed by atoms with Crippen molar-refractivity contribution in [2.24, 2.45) is 7.05 Å². The molecular formula is C15H21N3O. The monoisotopic (exact) mass is 259 g/mol. The average Bonchev–Trinajstić information content (AvgIpc) is 2.65. The average molecular weight is 259 g/mol. The molecule has 0 aliphatic carbocycles. The highest BCUT2D eigenvalue weighted by atomic mass is 16.1. The van der Waals surface area contributed by atoms with Crippen LogP contribution in [0.25, 0.3) is 5.69 Å². The summed E-state index contributed by atoms with van der Waals surface area (Å²) >= 11 is 0. The first-order valence-electron chi connectivity index (χ1n) is 6.70. The molecular weight excluding hydrogens is 238 g/mol. The molecule has 0 aliphatic rings. The first-order chi connectivity index (χ1) is 9.11. The largest absolute Gasteiger partial charge is 0.366 e. The van der Waals surface area contributed by atoms with Gasteiger partial charge in [-0.05, 0) is 32.9 Å². The van der Waals surface area contributed by atoms with Crippen molar-refractivity contribution in [2.45, 2.75) is 20.8 Å². The van der Waals surface area contributed by atoms with E-state index < -0.39 is 0 Å². The second kappa shape index (κ2) is 5.34. The van der Waals surface area contributed by atoms with E-state index in [0.717, 1.165) is 30.2 Å². The van der Waals surface area contributed by atoms with Gasteiger partial charge >= 0.3 is 0 Å².